The summed E-state index contributed by atoms with van der Waals surface area (Å²) >= 11 is 0. The molecule has 0 atom stereocenters. The number of rotatable bonds is 9. The molecule has 0 radical (unpaired) electrons. The van der Waals surface area contributed by atoms with Crippen LogP contribution in [-0.4, -0.2) is 23.3 Å². The zero-order valence-electron chi connectivity index (χ0n) is 18.5. The summed E-state index contributed by atoms with van der Waals surface area (Å²) in [7, 11) is 0. The summed E-state index contributed by atoms with van der Waals surface area (Å²) in [5.74, 6) is 0.0619. The normalized spacial score (nSPS) is 12.0. The van der Waals surface area contributed by atoms with E-state index in [4.69, 9.17) is 14.6 Å². The molecule has 0 bridgehead atoms. The van der Waals surface area contributed by atoms with Gasteiger partial charge in [-0.25, -0.2) is 4.79 Å². The lowest BCUT2D eigenvalue weighted by Gasteiger charge is -2.21. The van der Waals surface area contributed by atoms with Crippen LogP contribution in [0, 0.1) is 0 Å². The van der Waals surface area contributed by atoms with Crippen molar-refractivity contribution < 1.29 is 32.5 Å². The SMILES string of the molecule is CC(C)(Oc1ccc(CCOc2ccc(N=Nc3ccc(C(F)(F)F)cc3)cc2)cc1)C(=O)O. The third-order valence-corrected chi connectivity index (χ3v) is 4.78. The highest BCUT2D eigenvalue weighted by Crippen LogP contribution is 2.31. The van der Waals surface area contributed by atoms with Crippen molar-refractivity contribution >= 4 is 17.3 Å². The van der Waals surface area contributed by atoms with Gasteiger partial charge in [0, 0.05) is 6.42 Å². The van der Waals surface area contributed by atoms with Crippen LogP contribution in [0.1, 0.15) is 25.0 Å². The van der Waals surface area contributed by atoms with Crippen molar-refractivity contribution in [1.82, 2.24) is 0 Å². The second-order valence-corrected chi connectivity index (χ2v) is 7.90. The van der Waals surface area contributed by atoms with Gasteiger partial charge in [0.25, 0.3) is 0 Å². The summed E-state index contributed by atoms with van der Waals surface area (Å²) in [6, 6.07) is 18.4. The van der Waals surface area contributed by atoms with Gasteiger partial charge >= 0.3 is 12.1 Å². The van der Waals surface area contributed by atoms with Crippen LogP contribution in [-0.2, 0) is 17.4 Å². The quantitative estimate of drug-likeness (QED) is 0.341. The molecule has 0 aliphatic carbocycles. The number of hydrogen-bond donors (Lipinski definition) is 1. The number of halogens is 3. The molecule has 0 fully saturated rings. The van der Waals surface area contributed by atoms with E-state index in [9.17, 15) is 18.0 Å². The molecular formula is C25H23F3N2O4. The number of carboxylic acid groups (broad SMARTS) is 1. The number of ether oxygens (including phenoxy) is 2. The molecule has 0 aliphatic heterocycles. The highest BCUT2D eigenvalue weighted by molar-refractivity contribution is 5.76. The smallest absolute Gasteiger partial charge is 0.416 e. The number of alkyl halides is 3. The van der Waals surface area contributed by atoms with Gasteiger partial charge in [0.2, 0.25) is 0 Å². The van der Waals surface area contributed by atoms with Crippen LogP contribution in [0.3, 0.4) is 0 Å². The average Bonchev–Trinajstić information content (AvgIpc) is 2.79. The van der Waals surface area contributed by atoms with E-state index in [2.05, 4.69) is 10.2 Å². The maximum absolute atomic E-state index is 12.6. The van der Waals surface area contributed by atoms with Gasteiger partial charge in [0.15, 0.2) is 5.60 Å². The van der Waals surface area contributed by atoms with Gasteiger partial charge < -0.3 is 14.6 Å². The number of carbonyl (C=O) groups is 1. The molecule has 0 saturated heterocycles. The third-order valence-electron chi connectivity index (χ3n) is 4.78. The number of benzene rings is 3. The van der Waals surface area contributed by atoms with Gasteiger partial charge in [0.1, 0.15) is 11.5 Å². The lowest BCUT2D eigenvalue weighted by Crippen LogP contribution is -2.37. The average molecular weight is 472 g/mol. The lowest BCUT2D eigenvalue weighted by molar-refractivity contribution is -0.152. The molecule has 3 rings (SSSR count). The molecule has 178 valence electrons. The van der Waals surface area contributed by atoms with E-state index in [0.717, 1.165) is 17.7 Å². The van der Waals surface area contributed by atoms with Crippen molar-refractivity contribution in [2.45, 2.75) is 32.0 Å². The molecule has 0 heterocycles. The molecule has 0 aliphatic rings. The summed E-state index contributed by atoms with van der Waals surface area (Å²) in [5, 5.41) is 17.1. The van der Waals surface area contributed by atoms with E-state index in [-0.39, 0.29) is 0 Å². The highest BCUT2D eigenvalue weighted by Gasteiger charge is 2.30. The Morgan fingerprint density at radius 3 is 1.82 bits per heavy atom. The number of nitrogens with zero attached hydrogens (tertiary/aromatic N) is 2. The van der Waals surface area contributed by atoms with Crippen molar-refractivity contribution in [1.29, 1.82) is 0 Å². The minimum Gasteiger partial charge on any atom is -0.493 e. The van der Waals surface area contributed by atoms with E-state index in [1.54, 1.807) is 36.4 Å². The molecule has 0 aromatic heterocycles. The molecule has 0 amide bonds. The van der Waals surface area contributed by atoms with E-state index >= 15 is 0 Å². The zero-order chi connectivity index (χ0) is 24.8. The Morgan fingerprint density at radius 2 is 1.32 bits per heavy atom. The van der Waals surface area contributed by atoms with E-state index in [1.165, 1.54) is 26.0 Å². The maximum Gasteiger partial charge on any atom is 0.416 e. The Balaban J connectivity index is 1.48. The first-order chi connectivity index (χ1) is 16.0. The molecule has 0 spiro atoms. The highest BCUT2D eigenvalue weighted by atomic mass is 19.4. The molecule has 34 heavy (non-hydrogen) atoms. The van der Waals surface area contributed by atoms with Gasteiger partial charge in [-0.3, -0.25) is 0 Å². The number of azo groups is 1. The standard InChI is InChI=1S/C25H23F3N2O4/c1-24(2,23(31)32)34-22-11-3-17(4-12-22)15-16-33-21-13-9-20(10-14-21)30-29-19-7-5-18(6-8-19)25(26,27)28/h3-14H,15-16H2,1-2H3,(H,31,32). The molecule has 0 saturated carbocycles. The van der Waals surface area contributed by atoms with E-state index in [1.807, 2.05) is 12.1 Å². The Bertz CT molecular complexity index is 1120. The van der Waals surface area contributed by atoms with Gasteiger partial charge in [-0.1, -0.05) is 12.1 Å². The van der Waals surface area contributed by atoms with Crippen molar-refractivity contribution in [3.63, 3.8) is 0 Å². The fraction of sp³-hybridized carbons (Fsp3) is 0.240. The van der Waals surface area contributed by atoms with Crippen LogP contribution in [0.15, 0.2) is 83.0 Å². The van der Waals surface area contributed by atoms with Crippen LogP contribution >= 0.6 is 0 Å². The summed E-state index contributed by atoms with van der Waals surface area (Å²) in [5.41, 5.74) is -0.195. The molecule has 0 unspecified atom stereocenters. The van der Waals surface area contributed by atoms with Crippen molar-refractivity contribution in [2.75, 3.05) is 6.61 Å². The summed E-state index contributed by atoms with van der Waals surface area (Å²) < 4.78 is 49.0. The predicted molar refractivity (Wildman–Crippen MR) is 120 cm³/mol. The lowest BCUT2D eigenvalue weighted by atomic mass is 10.1. The second-order valence-electron chi connectivity index (χ2n) is 7.90. The van der Waals surface area contributed by atoms with Crippen LogP contribution in [0.25, 0.3) is 0 Å². The number of hydrogen-bond acceptors (Lipinski definition) is 5. The molecular weight excluding hydrogens is 449 g/mol. The minimum atomic E-state index is -4.39. The summed E-state index contributed by atoms with van der Waals surface area (Å²) in [4.78, 5) is 11.1. The molecule has 9 heteroatoms. The third kappa shape index (κ3) is 7.06. The fourth-order valence-electron chi connectivity index (χ4n) is 2.79. The first-order valence-electron chi connectivity index (χ1n) is 10.4. The largest absolute Gasteiger partial charge is 0.493 e. The maximum atomic E-state index is 12.6. The second kappa shape index (κ2) is 10.4. The van der Waals surface area contributed by atoms with Gasteiger partial charge in [-0.2, -0.15) is 23.4 Å². The van der Waals surface area contributed by atoms with Gasteiger partial charge in [-0.05, 0) is 80.1 Å². The molecule has 3 aromatic rings. The van der Waals surface area contributed by atoms with Crippen LogP contribution in [0.5, 0.6) is 11.5 Å². The number of aliphatic carboxylic acids is 1. The monoisotopic (exact) mass is 472 g/mol. The van der Waals surface area contributed by atoms with Gasteiger partial charge in [-0.15, -0.1) is 0 Å². The van der Waals surface area contributed by atoms with Crippen LogP contribution in [0.4, 0.5) is 24.5 Å². The molecule has 3 aromatic carbocycles. The molecule has 6 nitrogen and oxygen atoms in total. The van der Waals surface area contributed by atoms with Crippen molar-refractivity contribution in [2.24, 2.45) is 10.2 Å². The number of carboxylic acids is 1. The zero-order valence-corrected chi connectivity index (χ0v) is 18.5. The van der Waals surface area contributed by atoms with Crippen molar-refractivity contribution in [3.05, 3.63) is 83.9 Å². The fourth-order valence-corrected chi connectivity index (χ4v) is 2.79. The Hall–Kier alpha value is -3.88. The predicted octanol–water partition coefficient (Wildman–Crippen LogP) is 6.98. The van der Waals surface area contributed by atoms with Crippen LogP contribution < -0.4 is 9.47 Å². The Labute approximate surface area is 194 Å². The van der Waals surface area contributed by atoms with Crippen LogP contribution in [0.2, 0.25) is 0 Å². The summed E-state index contributed by atoms with van der Waals surface area (Å²) in [6.07, 6.45) is -3.75. The first kappa shape index (κ1) is 24.8. The van der Waals surface area contributed by atoms with Gasteiger partial charge in [0.05, 0.1) is 23.5 Å². The Kier molecular flexibility index (Phi) is 7.55. The minimum absolute atomic E-state index is 0.316. The molecule has 1 N–H and O–H groups in total. The summed E-state index contributed by atoms with van der Waals surface area (Å²) in [6.45, 7) is 3.39. The van der Waals surface area contributed by atoms with E-state index < -0.39 is 23.3 Å². The topological polar surface area (TPSA) is 80.5 Å². The Morgan fingerprint density at radius 1 is 0.824 bits per heavy atom. The van der Waals surface area contributed by atoms with E-state index in [0.29, 0.717) is 35.9 Å². The van der Waals surface area contributed by atoms with Crippen molar-refractivity contribution in [3.8, 4) is 11.5 Å². The first-order valence-corrected chi connectivity index (χ1v) is 10.4.